The first-order chi connectivity index (χ1) is 20.5. The Kier molecular flexibility index (Phi) is 8.11. The van der Waals surface area contributed by atoms with Crippen molar-refractivity contribution in [1.82, 2.24) is 19.8 Å². The van der Waals surface area contributed by atoms with Crippen LogP contribution in [0.4, 0.5) is 5.69 Å². The fourth-order valence-corrected chi connectivity index (χ4v) is 5.62. The van der Waals surface area contributed by atoms with Crippen molar-refractivity contribution < 1.29 is 19.0 Å². The number of rotatable bonds is 9. The summed E-state index contributed by atoms with van der Waals surface area (Å²) in [5, 5.41) is 3.50. The predicted octanol–water partition coefficient (Wildman–Crippen LogP) is 3.79. The summed E-state index contributed by atoms with van der Waals surface area (Å²) in [5.74, 6) is 1.89. The van der Waals surface area contributed by atoms with Crippen molar-refractivity contribution in [2.45, 2.75) is 13.0 Å². The van der Waals surface area contributed by atoms with Gasteiger partial charge in [-0.3, -0.25) is 19.1 Å². The highest BCUT2D eigenvalue weighted by Gasteiger charge is 2.18. The van der Waals surface area contributed by atoms with Crippen molar-refractivity contribution in [3.05, 3.63) is 86.9 Å². The van der Waals surface area contributed by atoms with Gasteiger partial charge in [0.15, 0.2) is 16.3 Å². The highest BCUT2D eigenvalue weighted by atomic mass is 32.1. The molecule has 2 N–H and O–H groups in total. The molecular weight excluding hydrogens is 554 g/mol. The highest BCUT2D eigenvalue weighted by molar-refractivity contribution is 7.71. The Morgan fingerprint density at radius 1 is 1.00 bits per heavy atom. The number of carbonyl (C=O) groups is 1. The molecule has 0 spiro atoms. The third-order valence-electron chi connectivity index (χ3n) is 7.78. The topological polar surface area (TPSA) is 101 Å². The van der Waals surface area contributed by atoms with E-state index in [1.807, 2.05) is 24.3 Å². The van der Waals surface area contributed by atoms with Crippen LogP contribution < -0.4 is 30.0 Å². The average molecular weight is 588 g/mol. The Balaban J connectivity index is 0.976. The molecule has 0 radical (unpaired) electrons. The molecule has 3 aromatic carbocycles. The molecule has 218 valence electrons. The number of amides is 1. The molecule has 0 unspecified atom stereocenters. The standard InChI is InChI=1S/C31H33N5O5S/c1-39-24-9-7-23(8-10-24)35-15-13-34(14-16-35)12-2-11-32-29(37)22-5-3-21(4-6-22)19-36-30(38)25-17-27-28(41-20-40-27)18-26(25)33-31(36)42/h3-10,17-18H,2,11-16,19-20H2,1H3,(H,32,37)(H,33,42). The Labute approximate surface area is 248 Å². The van der Waals surface area contributed by atoms with Gasteiger partial charge in [-0.1, -0.05) is 12.1 Å². The average Bonchev–Trinajstić information content (AvgIpc) is 3.48. The number of piperazine rings is 1. The third kappa shape index (κ3) is 5.97. The van der Waals surface area contributed by atoms with Crippen LogP contribution in [0.1, 0.15) is 22.3 Å². The number of methoxy groups -OCH3 is 1. The number of nitrogens with zero attached hydrogens (tertiary/aromatic N) is 3. The number of nitrogens with one attached hydrogen (secondary N) is 2. The second kappa shape index (κ2) is 12.3. The SMILES string of the molecule is COc1ccc(N2CCN(CCCNC(=O)c3ccc(Cn4c(=S)[nH]c5cc6c(cc5c4=O)OCO6)cc3)CC2)cc1. The van der Waals surface area contributed by atoms with Crippen molar-refractivity contribution in [3.63, 3.8) is 0 Å². The van der Waals surface area contributed by atoms with Gasteiger partial charge in [-0.2, -0.15) is 0 Å². The number of hydrogen-bond donors (Lipinski definition) is 2. The summed E-state index contributed by atoms with van der Waals surface area (Å²) in [6, 6.07) is 18.9. The number of fused-ring (bicyclic) bond motifs is 2. The molecule has 42 heavy (non-hydrogen) atoms. The number of aromatic nitrogens is 2. The maximum absolute atomic E-state index is 13.2. The van der Waals surface area contributed by atoms with Gasteiger partial charge in [-0.05, 0) is 73.2 Å². The molecule has 11 heteroatoms. The molecule has 1 aromatic heterocycles. The van der Waals surface area contributed by atoms with Crippen LogP contribution in [0, 0.1) is 4.77 Å². The lowest BCUT2D eigenvalue weighted by Gasteiger charge is -2.36. The second-order valence-electron chi connectivity index (χ2n) is 10.4. The molecule has 0 saturated carbocycles. The molecule has 6 rings (SSSR count). The van der Waals surface area contributed by atoms with Crippen LogP contribution in [0.15, 0.2) is 65.5 Å². The van der Waals surface area contributed by atoms with Gasteiger partial charge < -0.3 is 29.4 Å². The van der Waals surface area contributed by atoms with Gasteiger partial charge in [0.1, 0.15) is 5.75 Å². The van der Waals surface area contributed by atoms with Gasteiger partial charge in [0.25, 0.3) is 11.5 Å². The molecule has 1 saturated heterocycles. The molecule has 2 aliphatic rings. The van der Waals surface area contributed by atoms with E-state index < -0.39 is 0 Å². The van der Waals surface area contributed by atoms with Crippen LogP contribution in [0.2, 0.25) is 0 Å². The molecule has 3 heterocycles. The van der Waals surface area contributed by atoms with E-state index in [1.165, 1.54) is 10.3 Å². The first kappa shape index (κ1) is 27.8. The van der Waals surface area contributed by atoms with E-state index in [-0.39, 0.29) is 24.8 Å². The van der Waals surface area contributed by atoms with Crippen molar-refractivity contribution in [2.24, 2.45) is 0 Å². The third-order valence-corrected chi connectivity index (χ3v) is 8.10. The van der Waals surface area contributed by atoms with Crippen molar-refractivity contribution in [2.75, 3.05) is 58.1 Å². The Morgan fingerprint density at radius 3 is 2.43 bits per heavy atom. The maximum Gasteiger partial charge on any atom is 0.262 e. The predicted molar refractivity (Wildman–Crippen MR) is 164 cm³/mol. The van der Waals surface area contributed by atoms with E-state index in [1.54, 1.807) is 31.4 Å². The molecule has 2 aliphatic heterocycles. The van der Waals surface area contributed by atoms with Crippen molar-refractivity contribution >= 4 is 34.7 Å². The molecular formula is C31H33N5O5S. The van der Waals surface area contributed by atoms with E-state index >= 15 is 0 Å². The van der Waals surface area contributed by atoms with Gasteiger partial charge in [0.05, 0.1) is 24.6 Å². The summed E-state index contributed by atoms with van der Waals surface area (Å²) in [7, 11) is 1.68. The molecule has 1 fully saturated rings. The van der Waals surface area contributed by atoms with Crippen LogP contribution in [0.25, 0.3) is 10.9 Å². The Hall–Kier alpha value is -4.35. The molecule has 0 atom stereocenters. The van der Waals surface area contributed by atoms with Gasteiger partial charge in [0.2, 0.25) is 6.79 Å². The number of carbonyl (C=O) groups excluding carboxylic acids is 1. The van der Waals surface area contributed by atoms with Crippen LogP contribution in [-0.2, 0) is 6.54 Å². The zero-order valence-electron chi connectivity index (χ0n) is 23.4. The lowest BCUT2D eigenvalue weighted by atomic mass is 10.1. The number of H-pyrrole nitrogens is 1. The number of aromatic amines is 1. The van der Waals surface area contributed by atoms with E-state index in [0.29, 0.717) is 39.3 Å². The Morgan fingerprint density at radius 2 is 1.71 bits per heavy atom. The minimum absolute atomic E-state index is 0.109. The normalized spacial score (nSPS) is 14.7. The summed E-state index contributed by atoms with van der Waals surface area (Å²) in [6.07, 6.45) is 0.885. The van der Waals surface area contributed by atoms with E-state index in [2.05, 4.69) is 32.2 Å². The first-order valence-electron chi connectivity index (χ1n) is 14.0. The second-order valence-corrected chi connectivity index (χ2v) is 10.8. The van der Waals surface area contributed by atoms with Crippen LogP contribution in [0.3, 0.4) is 0 Å². The lowest BCUT2D eigenvalue weighted by molar-refractivity contribution is 0.0951. The monoisotopic (exact) mass is 587 g/mol. The minimum Gasteiger partial charge on any atom is -0.497 e. The number of hydrogen-bond acceptors (Lipinski definition) is 8. The van der Waals surface area contributed by atoms with Gasteiger partial charge >= 0.3 is 0 Å². The lowest BCUT2D eigenvalue weighted by Crippen LogP contribution is -2.47. The van der Waals surface area contributed by atoms with Gasteiger partial charge in [0, 0.05) is 50.0 Å². The fraction of sp³-hybridized carbons (Fsp3) is 0.323. The Bertz CT molecular complexity index is 1690. The zero-order chi connectivity index (χ0) is 29.1. The fourth-order valence-electron chi connectivity index (χ4n) is 5.36. The molecule has 1 amide bonds. The van der Waals surface area contributed by atoms with E-state index in [0.717, 1.165) is 50.5 Å². The number of anilines is 1. The smallest absolute Gasteiger partial charge is 0.262 e. The van der Waals surface area contributed by atoms with E-state index in [9.17, 15) is 9.59 Å². The summed E-state index contributed by atoms with van der Waals surface area (Å²) >= 11 is 5.47. The van der Waals surface area contributed by atoms with Crippen molar-refractivity contribution in [1.29, 1.82) is 0 Å². The quantitative estimate of drug-likeness (QED) is 0.226. The van der Waals surface area contributed by atoms with E-state index in [4.69, 9.17) is 26.4 Å². The highest BCUT2D eigenvalue weighted by Crippen LogP contribution is 2.34. The minimum atomic E-state index is -0.212. The van der Waals surface area contributed by atoms with Gasteiger partial charge in [-0.15, -0.1) is 0 Å². The molecule has 10 nitrogen and oxygen atoms in total. The molecule has 0 bridgehead atoms. The zero-order valence-corrected chi connectivity index (χ0v) is 24.2. The van der Waals surface area contributed by atoms with Crippen LogP contribution in [-0.4, -0.2) is 73.5 Å². The van der Waals surface area contributed by atoms with Crippen LogP contribution in [0.5, 0.6) is 17.2 Å². The van der Waals surface area contributed by atoms with Gasteiger partial charge in [-0.25, -0.2) is 0 Å². The first-order valence-corrected chi connectivity index (χ1v) is 14.4. The summed E-state index contributed by atoms with van der Waals surface area (Å²) in [6.45, 7) is 5.92. The maximum atomic E-state index is 13.2. The largest absolute Gasteiger partial charge is 0.497 e. The number of benzene rings is 3. The number of ether oxygens (including phenoxy) is 3. The summed E-state index contributed by atoms with van der Waals surface area (Å²) in [5.41, 5.74) is 3.05. The van der Waals surface area contributed by atoms with Crippen LogP contribution >= 0.6 is 12.2 Å². The molecule has 0 aliphatic carbocycles. The summed E-state index contributed by atoms with van der Waals surface area (Å²) in [4.78, 5) is 33.9. The van der Waals surface area contributed by atoms with Crippen molar-refractivity contribution in [3.8, 4) is 17.2 Å². The molecule has 4 aromatic rings. The summed E-state index contributed by atoms with van der Waals surface area (Å²) < 4.78 is 17.9.